The van der Waals surface area contributed by atoms with Gasteiger partial charge in [0, 0.05) is 22.1 Å². The van der Waals surface area contributed by atoms with Crippen LogP contribution in [0.3, 0.4) is 0 Å². The maximum absolute atomic E-state index is 13.0. The summed E-state index contributed by atoms with van der Waals surface area (Å²) in [6.07, 6.45) is 1.72. The molecule has 0 unspecified atom stereocenters. The minimum Gasteiger partial charge on any atom is -0.361 e. The third kappa shape index (κ3) is 2.82. The molecular formula is C19H15FN4O. The molecule has 0 radical (unpaired) electrons. The fourth-order valence-corrected chi connectivity index (χ4v) is 2.87. The zero-order valence-electron chi connectivity index (χ0n) is 13.7. The van der Waals surface area contributed by atoms with Crippen molar-refractivity contribution in [1.29, 1.82) is 0 Å². The van der Waals surface area contributed by atoms with Gasteiger partial charge in [-0.05, 0) is 56.3 Å². The molecule has 25 heavy (non-hydrogen) atoms. The van der Waals surface area contributed by atoms with E-state index in [0.29, 0.717) is 5.76 Å². The Balaban J connectivity index is 1.76. The lowest BCUT2D eigenvalue weighted by Crippen LogP contribution is -1.94. The van der Waals surface area contributed by atoms with Crippen LogP contribution in [0.4, 0.5) is 15.8 Å². The van der Waals surface area contributed by atoms with E-state index < -0.39 is 0 Å². The van der Waals surface area contributed by atoms with Gasteiger partial charge in [0.1, 0.15) is 17.3 Å². The highest BCUT2D eigenvalue weighted by atomic mass is 19.1. The van der Waals surface area contributed by atoms with Gasteiger partial charge in [-0.2, -0.15) is 5.10 Å². The maximum Gasteiger partial charge on any atom is 0.143 e. The van der Waals surface area contributed by atoms with Gasteiger partial charge < -0.3 is 9.84 Å². The van der Waals surface area contributed by atoms with E-state index in [4.69, 9.17) is 4.52 Å². The summed E-state index contributed by atoms with van der Waals surface area (Å²) in [6, 6.07) is 12.1. The number of benzene rings is 2. The van der Waals surface area contributed by atoms with Crippen LogP contribution in [0.15, 0.2) is 53.2 Å². The Kier molecular flexibility index (Phi) is 3.65. The van der Waals surface area contributed by atoms with Gasteiger partial charge in [0.15, 0.2) is 0 Å². The van der Waals surface area contributed by atoms with Crippen LogP contribution in [0.2, 0.25) is 0 Å². The zero-order chi connectivity index (χ0) is 17.4. The molecule has 1 N–H and O–H groups in total. The van der Waals surface area contributed by atoms with E-state index in [-0.39, 0.29) is 5.82 Å². The first-order valence-electron chi connectivity index (χ1n) is 7.83. The summed E-state index contributed by atoms with van der Waals surface area (Å²) in [5.74, 6) is 0.455. The fraction of sp³-hybridized carbons (Fsp3) is 0.105. The molecule has 5 nitrogen and oxygen atoms in total. The molecule has 0 atom stereocenters. The molecule has 2 aromatic carbocycles. The molecule has 0 fully saturated rings. The second-order valence-corrected chi connectivity index (χ2v) is 5.83. The number of hydrogen-bond acceptors (Lipinski definition) is 5. The van der Waals surface area contributed by atoms with E-state index in [9.17, 15) is 4.39 Å². The van der Waals surface area contributed by atoms with Crippen LogP contribution in [-0.2, 0) is 0 Å². The minimum atomic E-state index is -0.261. The lowest BCUT2D eigenvalue weighted by atomic mass is 10.0. The summed E-state index contributed by atoms with van der Waals surface area (Å²) in [7, 11) is 0. The quantitative estimate of drug-likeness (QED) is 0.584. The van der Waals surface area contributed by atoms with E-state index in [2.05, 4.69) is 20.7 Å². The van der Waals surface area contributed by atoms with Crippen molar-refractivity contribution in [2.45, 2.75) is 13.8 Å². The molecule has 6 heteroatoms. The third-order valence-corrected chi connectivity index (χ3v) is 4.06. The van der Waals surface area contributed by atoms with E-state index in [1.165, 1.54) is 12.1 Å². The van der Waals surface area contributed by atoms with Crippen molar-refractivity contribution >= 4 is 22.1 Å². The molecule has 0 saturated heterocycles. The van der Waals surface area contributed by atoms with Gasteiger partial charge in [0.2, 0.25) is 0 Å². The number of fused-ring (bicyclic) bond motifs is 1. The van der Waals surface area contributed by atoms with Crippen molar-refractivity contribution in [3.63, 3.8) is 0 Å². The molecule has 0 saturated carbocycles. The van der Waals surface area contributed by atoms with E-state index in [1.54, 1.807) is 18.3 Å². The first-order chi connectivity index (χ1) is 12.1. The minimum absolute atomic E-state index is 0.261. The largest absolute Gasteiger partial charge is 0.361 e. The predicted octanol–water partition coefficient (Wildman–Crippen LogP) is 4.78. The van der Waals surface area contributed by atoms with Crippen LogP contribution in [0.1, 0.15) is 11.5 Å². The van der Waals surface area contributed by atoms with E-state index >= 15 is 0 Å². The predicted molar refractivity (Wildman–Crippen MR) is 94.2 cm³/mol. The molecule has 2 heterocycles. The Morgan fingerprint density at radius 1 is 1.00 bits per heavy atom. The smallest absolute Gasteiger partial charge is 0.143 e. The van der Waals surface area contributed by atoms with Gasteiger partial charge in [-0.1, -0.05) is 5.16 Å². The molecule has 0 aliphatic carbocycles. The van der Waals surface area contributed by atoms with Crippen molar-refractivity contribution in [1.82, 2.24) is 15.4 Å². The second-order valence-electron chi connectivity index (χ2n) is 5.83. The molecule has 4 aromatic rings. The van der Waals surface area contributed by atoms with Gasteiger partial charge >= 0.3 is 0 Å². The normalized spacial score (nSPS) is 11.0. The van der Waals surface area contributed by atoms with Gasteiger partial charge in [-0.3, -0.25) is 0 Å². The van der Waals surface area contributed by atoms with Crippen LogP contribution < -0.4 is 5.32 Å². The Morgan fingerprint density at radius 3 is 2.48 bits per heavy atom. The molecule has 0 amide bonds. The topological polar surface area (TPSA) is 63.8 Å². The summed E-state index contributed by atoms with van der Waals surface area (Å²) >= 11 is 0. The second kappa shape index (κ2) is 5.98. The standard InChI is InChI=1S/C19H15FN4O/c1-11-18(12(2)25-24-11)19-17-8-7-16(9-13(17)10-21-23-19)22-15-5-3-14(20)4-6-15/h3-10,22H,1-2H3. The molecule has 0 bridgehead atoms. The molecule has 0 aliphatic heterocycles. The van der Waals surface area contributed by atoms with E-state index in [0.717, 1.165) is 39.1 Å². The number of anilines is 2. The van der Waals surface area contributed by atoms with Gasteiger partial charge in [-0.15, -0.1) is 5.10 Å². The average molecular weight is 334 g/mol. The summed E-state index contributed by atoms with van der Waals surface area (Å²) in [5, 5.41) is 17.6. The Labute approximate surface area is 143 Å². The van der Waals surface area contributed by atoms with Crippen molar-refractivity contribution < 1.29 is 8.91 Å². The molecular weight excluding hydrogens is 319 g/mol. The monoisotopic (exact) mass is 334 g/mol. The average Bonchev–Trinajstić information content (AvgIpc) is 2.95. The fourth-order valence-electron chi connectivity index (χ4n) is 2.87. The zero-order valence-corrected chi connectivity index (χ0v) is 13.7. The molecule has 4 rings (SSSR count). The highest BCUT2D eigenvalue weighted by molar-refractivity contribution is 5.96. The van der Waals surface area contributed by atoms with Crippen LogP contribution in [0.5, 0.6) is 0 Å². The molecule has 0 spiro atoms. The lowest BCUT2D eigenvalue weighted by molar-refractivity contribution is 0.393. The first-order valence-corrected chi connectivity index (χ1v) is 7.83. The number of nitrogens with zero attached hydrogens (tertiary/aromatic N) is 3. The highest BCUT2D eigenvalue weighted by Crippen LogP contribution is 2.32. The van der Waals surface area contributed by atoms with Gasteiger partial charge in [-0.25, -0.2) is 4.39 Å². The number of rotatable bonds is 3. The first kappa shape index (κ1) is 15.3. The molecule has 0 aliphatic rings. The summed E-state index contributed by atoms with van der Waals surface area (Å²) in [5.41, 5.74) is 4.11. The number of hydrogen-bond donors (Lipinski definition) is 1. The summed E-state index contributed by atoms with van der Waals surface area (Å²) in [6.45, 7) is 3.75. The summed E-state index contributed by atoms with van der Waals surface area (Å²) in [4.78, 5) is 0. The highest BCUT2D eigenvalue weighted by Gasteiger charge is 2.16. The number of halogens is 1. The lowest BCUT2D eigenvalue weighted by Gasteiger charge is -2.09. The van der Waals surface area contributed by atoms with Crippen molar-refractivity contribution in [3.05, 3.63) is 65.9 Å². The van der Waals surface area contributed by atoms with Crippen LogP contribution >= 0.6 is 0 Å². The van der Waals surface area contributed by atoms with Crippen molar-refractivity contribution in [3.8, 4) is 11.3 Å². The number of aryl methyl sites for hydroxylation is 2. The number of nitrogens with one attached hydrogen (secondary N) is 1. The molecule has 124 valence electrons. The third-order valence-electron chi connectivity index (χ3n) is 4.06. The molecule has 2 aromatic heterocycles. The number of aromatic nitrogens is 3. The summed E-state index contributed by atoms with van der Waals surface area (Å²) < 4.78 is 18.3. The van der Waals surface area contributed by atoms with Crippen molar-refractivity contribution in [2.75, 3.05) is 5.32 Å². The maximum atomic E-state index is 13.0. The van der Waals surface area contributed by atoms with Gasteiger partial charge in [0.25, 0.3) is 0 Å². The van der Waals surface area contributed by atoms with Crippen LogP contribution in [0.25, 0.3) is 22.0 Å². The van der Waals surface area contributed by atoms with Crippen LogP contribution in [-0.4, -0.2) is 15.4 Å². The van der Waals surface area contributed by atoms with Crippen LogP contribution in [0, 0.1) is 19.7 Å². The Hall–Kier alpha value is -3.28. The van der Waals surface area contributed by atoms with Crippen molar-refractivity contribution in [2.24, 2.45) is 0 Å². The van der Waals surface area contributed by atoms with Gasteiger partial charge in [0.05, 0.1) is 17.5 Å². The Morgan fingerprint density at radius 2 is 1.76 bits per heavy atom. The SMILES string of the molecule is Cc1noc(C)c1-c1nncc2cc(Nc3ccc(F)cc3)ccc12. The Bertz CT molecular complexity index is 1040. The van der Waals surface area contributed by atoms with E-state index in [1.807, 2.05) is 32.0 Å².